The molecule has 0 spiro atoms. The van der Waals surface area contributed by atoms with Gasteiger partial charge in [0, 0.05) is 23.8 Å². The lowest BCUT2D eigenvalue weighted by Crippen LogP contribution is -2.18. The first-order chi connectivity index (χ1) is 7.72. The first kappa shape index (κ1) is 11.4. The van der Waals surface area contributed by atoms with Gasteiger partial charge in [0.1, 0.15) is 6.10 Å². The molecule has 0 aliphatic rings. The van der Waals surface area contributed by atoms with Crippen LogP contribution in [-0.2, 0) is 0 Å². The molecule has 0 aliphatic carbocycles. The molecule has 2 aromatic heterocycles. The Morgan fingerprint density at radius 2 is 2.25 bits per heavy atom. The number of aliphatic hydroxyl groups is 2. The number of nitrogens with one attached hydrogen (secondary N) is 1. The zero-order valence-electron chi connectivity index (χ0n) is 8.60. The minimum absolute atomic E-state index is 0.316. The minimum atomic E-state index is -0.945. The minimum Gasteiger partial charge on any atom is -0.390 e. The van der Waals surface area contributed by atoms with Crippen LogP contribution in [0.5, 0.6) is 0 Å². The number of pyridine rings is 1. The average Bonchev–Trinajstić information content (AvgIpc) is 2.75. The van der Waals surface area contributed by atoms with Crippen LogP contribution < -0.4 is 0 Å². The number of aromatic amines is 1. The number of rotatable bonds is 4. The normalized spacial score (nSPS) is 15.2. The van der Waals surface area contributed by atoms with E-state index in [2.05, 4.69) is 9.97 Å². The molecule has 0 saturated carbocycles. The lowest BCUT2D eigenvalue weighted by molar-refractivity contribution is 0.0169. The fourth-order valence-electron chi connectivity index (χ4n) is 1.60. The quantitative estimate of drug-likeness (QED) is 0.711. The van der Waals surface area contributed by atoms with Crippen molar-refractivity contribution in [3.63, 3.8) is 0 Å². The van der Waals surface area contributed by atoms with Crippen molar-refractivity contribution in [2.24, 2.45) is 0 Å². The van der Waals surface area contributed by atoms with Crippen LogP contribution in [0.1, 0.15) is 18.1 Å². The number of H-pyrrole nitrogens is 1. The highest BCUT2D eigenvalue weighted by Gasteiger charge is 2.18. The lowest BCUT2D eigenvalue weighted by Gasteiger charge is -2.16. The highest BCUT2D eigenvalue weighted by atomic mass is 35.5. The van der Waals surface area contributed by atoms with Crippen molar-refractivity contribution < 1.29 is 10.2 Å². The summed E-state index contributed by atoms with van der Waals surface area (Å²) in [5, 5.41) is 19.5. The highest BCUT2D eigenvalue weighted by molar-refractivity contribution is 6.17. The molecular weight excluding hydrogens is 228 g/mol. The predicted octanol–water partition coefficient (Wildman–Crippen LogP) is 1.59. The summed E-state index contributed by atoms with van der Waals surface area (Å²) in [5.41, 5.74) is 2.27. The largest absolute Gasteiger partial charge is 0.390 e. The second-order valence-electron chi connectivity index (χ2n) is 3.67. The molecule has 0 aromatic carbocycles. The first-order valence-electron chi connectivity index (χ1n) is 5.07. The topological polar surface area (TPSA) is 69.1 Å². The summed E-state index contributed by atoms with van der Waals surface area (Å²) in [7, 11) is 0. The van der Waals surface area contributed by atoms with Gasteiger partial charge in [-0.2, -0.15) is 0 Å². The van der Waals surface area contributed by atoms with E-state index < -0.39 is 12.2 Å². The summed E-state index contributed by atoms with van der Waals surface area (Å²) >= 11 is 5.51. The molecule has 2 heterocycles. The third kappa shape index (κ3) is 2.19. The Hall–Kier alpha value is -1.10. The van der Waals surface area contributed by atoms with Crippen LogP contribution in [0.25, 0.3) is 11.0 Å². The smallest absolute Gasteiger partial charge is 0.106 e. The fraction of sp³-hybridized carbons (Fsp3) is 0.364. The number of halogens is 1. The van der Waals surface area contributed by atoms with Gasteiger partial charge in [0.15, 0.2) is 0 Å². The molecule has 2 atom stereocenters. The maximum absolute atomic E-state index is 9.85. The predicted molar refractivity (Wildman–Crippen MR) is 62.4 cm³/mol. The van der Waals surface area contributed by atoms with Crippen molar-refractivity contribution in [2.45, 2.75) is 18.6 Å². The van der Waals surface area contributed by atoms with E-state index in [1.165, 1.54) is 0 Å². The fourth-order valence-corrected chi connectivity index (χ4v) is 1.83. The first-order valence-corrected chi connectivity index (χ1v) is 5.61. The Bertz CT molecular complexity index is 472. The molecule has 3 N–H and O–H groups in total. The Morgan fingerprint density at radius 1 is 1.44 bits per heavy atom. The standard InChI is InChI=1S/C11H13ClN2O2/c12-3-1-10(15)11(16)7-5-9-8(14-6-7)2-4-13-9/h2,4-6,10-11,13,15-16H,1,3H2. The van der Waals surface area contributed by atoms with Gasteiger partial charge in [-0.1, -0.05) is 0 Å². The second-order valence-corrected chi connectivity index (χ2v) is 4.05. The molecule has 0 aliphatic heterocycles. The maximum atomic E-state index is 9.85. The van der Waals surface area contributed by atoms with E-state index in [1.54, 1.807) is 18.5 Å². The van der Waals surface area contributed by atoms with Crippen molar-refractivity contribution in [3.05, 3.63) is 30.1 Å². The molecule has 0 amide bonds. The summed E-state index contributed by atoms with van der Waals surface area (Å²) < 4.78 is 0. The Balaban J connectivity index is 2.24. The van der Waals surface area contributed by atoms with Crippen molar-refractivity contribution in [3.8, 4) is 0 Å². The SMILES string of the molecule is OC(CCCl)C(O)c1cnc2cc[nH]c2c1. The summed E-state index contributed by atoms with van der Waals surface area (Å²) in [6.45, 7) is 0. The van der Waals surface area contributed by atoms with Gasteiger partial charge >= 0.3 is 0 Å². The lowest BCUT2D eigenvalue weighted by atomic mass is 10.0. The summed E-state index contributed by atoms with van der Waals surface area (Å²) in [6.07, 6.45) is 1.90. The molecule has 2 rings (SSSR count). The van der Waals surface area contributed by atoms with Crippen LogP contribution in [0.15, 0.2) is 24.5 Å². The molecule has 2 unspecified atom stereocenters. The zero-order valence-corrected chi connectivity index (χ0v) is 9.35. The van der Waals surface area contributed by atoms with Gasteiger partial charge in [-0.15, -0.1) is 11.6 Å². The number of nitrogens with zero attached hydrogens (tertiary/aromatic N) is 1. The number of fused-ring (bicyclic) bond motifs is 1. The van der Waals surface area contributed by atoms with E-state index >= 15 is 0 Å². The molecule has 5 heteroatoms. The van der Waals surface area contributed by atoms with Crippen molar-refractivity contribution in [2.75, 3.05) is 5.88 Å². The van der Waals surface area contributed by atoms with Gasteiger partial charge in [-0.05, 0) is 18.6 Å². The molecule has 0 radical (unpaired) electrons. The number of aromatic nitrogens is 2. The van der Waals surface area contributed by atoms with E-state index in [0.29, 0.717) is 17.9 Å². The van der Waals surface area contributed by atoms with Crippen molar-refractivity contribution >= 4 is 22.6 Å². The molecule has 2 aromatic rings. The number of hydrogen-bond acceptors (Lipinski definition) is 3. The molecule has 0 bridgehead atoms. The van der Waals surface area contributed by atoms with Crippen LogP contribution in [0.3, 0.4) is 0 Å². The van der Waals surface area contributed by atoms with Gasteiger partial charge in [0.2, 0.25) is 0 Å². The number of alkyl halides is 1. The van der Waals surface area contributed by atoms with Gasteiger partial charge in [0.25, 0.3) is 0 Å². The van der Waals surface area contributed by atoms with E-state index in [1.807, 2.05) is 6.07 Å². The van der Waals surface area contributed by atoms with Gasteiger partial charge in [0.05, 0.1) is 17.1 Å². The molecular formula is C11H13ClN2O2. The summed E-state index contributed by atoms with van der Waals surface area (Å²) in [6, 6.07) is 3.63. The third-order valence-corrected chi connectivity index (χ3v) is 2.75. The number of aliphatic hydroxyl groups excluding tert-OH is 2. The van der Waals surface area contributed by atoms with E-state index in [0.717, 1.165) is 11.0 Å². The maximum Gasteiger partial charge on any atom is 0.106 e. The monoisotopic (exact) mass is 240 g/mol. The summed E-state index contributed by atoms with van der Waals surface area (Å²) in [5.74, 6) is 0.316. The van der Waals surface area contributed by atoms with Gasteiger partial charge < -0.3 is 15.2 Å². The van der Waals surface area contributed by atoms with Crippen molar-refractivity contribution in [1.29, 1.82) is 0 Å². The van der Waals surface area contributed by atoms with Gasteiger partial charge in [-0.25, -0.2) is 0 Å². The Kier molecular flexibility index (Phi) is 3.43. The molecule has 0 saturated heterocycles. The summed E-state index contributed by atoms with van der Waals surface area (Å²) in [4.78, 5) is 7.17. The van der Waals surface area contributed by atoms with E-state index in [4.69, 9.17) is 11.6 Å². The van der Waals surface area contributed by atoms with Crippen LogP contribution >= 0.6 is 11.6 Å². The zero-order chi connectivity index (χ0) is 11.5. The van der Waals surface area contributed by atoms with Crippen LogP contribution in [0.4, 0.5) is 0 Å². The molecule has 86 valence electrons. The van der Waals surface area contributed by atoms with Gasteiger partial charge in [-0.3, -0.25) is 4.98 Å². The van der Waals surface area contributed by atoms with Crippen molar-refractivity contribution in [1.82, 2.24) is 9.97 Å². The third-order valence-electron chi connectivity index (χ3n) is 2.53. The van der Waals surface area contributed by atoms with E-state index in [9.17, 15) is 10.2 Å². The molecule has 0 fully saturated rings. The second kappa shape index (κ2) is 4.82. The van der Waals surface area contributed by atoms with Crippen LogP contribution in [-0.4, -0.2) is 32.2 Å². The van der Waals surface area contributed by atoms with E-state index in [-0.39, 0.29) is 0 Å². The Labute approximate surface area is 97.9 Å². The average molecular weight is 241 g/mol. The molecule has 4 nitrogen and oxygen atoms in total. The van der Waals surface area contributed by atoms with Crippen LogP contribution in [0, 0.1) is 0 Å². The number of hydrogen-bond donors (Lipinski definition) is 3. The Morgan fingerprint density at radius 3 is 3.00 bits per heavy atom. The van der Waals surface area contributed by atoms with Crippen LogP contribution in [0.2, 0.25) is 0 Å². The highest BCUT2D eigenvalue weighted by Crippen LogP contribution is 2.21. The molecule has 16 heavy (non-hydrogen) atoms.